The number of amides is 1. The van der Waals surface area contributed by atoms with Crippen molar-refractivity contribution in [2.24, 2.45) is 0 Å². The van der Waals surface area contributed by atoms with Crippen molar-refractivity contribution in [3.63, 3.8) is 0 Å². The van der Waals surface area contributed by atoms with E-state index in [1.807, 2.05) is 0 Å². The Morgan fingerprint density at radius 1 is 1.42 bits per heavy atom. The maximum atomic E-state index is 12.2. The lowest BCUT2D eigenvalue weighted by Gasteiger charge is -2.40. The van der Waals surface area contributed by atoms with Gasteiger partial charge in [-0.25, -0.2) is 4.98 Å². The first-order valence-corrected chi connectivity index (χ1v) is 5.97. The van der Waals surface area contributed by atoms with E-state index in [1.54, 1.807) is 26.2 Å². The SMILES string of the molecule is CO[C@H]1[C@H](N(C)C(=O)c2cocn2)COC[C@H]1OC. The molecule has 1 fully saturated rings. The number of carbonyl (C=O) groups excluding carboxylic acids is 1. The predicted octanol–water partition coefficient (Wildman–Crippen LogP) is 0.175. The molecule has 106 valence electrons. The van der Waals surface area contributed by atoms with E-state index in [2.05, 4.69) is 4.98 Å². The van der Waals surface area contributed by atoms with Crippen LogP contribution in [0.25, 0.3) is 0 Å². The molecule has 0 radical (unpaired) electrons. The highest BCUT2D eigenvalue weighted by atomic mass is 16.6. The maximum Gasteiger partial charge on any atom is 0.275 e. The van der Waals surface area contributed by atoms with Gasteiger partial charge in [-0.05, 0) is 0 Å². The number of hydrogen-bond donors (Lipinski definition) is 0. The Bertz CT molecular complexity index is 408. The van der Waals surface area contributed by atoms with Crippen LogP contribution in [0.15, 0.2) is 17.1 Å². The third-order valence-corrected chi connectivity index (χ3v) is 3.36. The maximum absolute atomic E-state index is 12.2. The molecule has 19 heavy (non-hydrogen) atoms. The summed E-state index contributed by atoms with van der Waals surface area (Å²) in [6.07, 6.45) is 2.11. The number of methoxy groups -OCH3 is 2. The van der Waals surface area contributed by atoms with Gasteiger partial charge < -0.3 is 23.5 Å². The molecule has 7 nitrogen and oxygen atoms in total. The van der Waals surface area contributed by atoms with E-state index in [0.717, 1.165) is 0 Å². The van der Waals surface area contributed by atoms with E-state index < -0.39 is 0 Å². The first-order chi connectivity index (χ1) is 9.19. The number of carbonyl (C=O) groups is 1. The van der Waals surface area contributed by atoms with Crippen molar-refractivity contribution >= 4 is 5.91 Å². The molecule has 7 heteroatoms. The quantitative estimate of drug-likeness (QED) is 0.776. The van der Waals surface area contributed by atoms with Gasteiger partial charge in [0.25, 0.3) is 5.91 Å². The number of hydrogen-bond acceptors (Lipinski definition) is 6. The zero-order valence-electron chi connectivity index (χ0n) is 11.2. The fourth-order valence-corrected chi connectivity index (χ4v) is 2.24. The van der Waals surface area contributed by atoms with E-state index in [4.69, 9.17) is 18.6 Å². The van der Waals surface area contributed by atoms with Crippen molar-refractivity contribution in [1.82, 2.24) is 9.88 Å². The van der Waals surface area contributed by atoms with Gasteiger partial charge in [0.15, 0.2) is 12.1 Å². The second-order valence-corrected chi connectivity index (χ2v) is 4.37. The highest BCUT2D eigenvalue weighted by molar-refractivity contribution is 5.92. The summed E-state index contributed by atoms with van der Waals surface area (Å²) in [4.78, 5) is 17.6. The fourth-order valence-electron chi connectivity index (χ4n) is 2.24. The molecule has 1 aromatic rings. The molecule has 1 aliphatic heterocycles. The van der Waals surface area contributed by atoms with Crippen LogP contribution in [0.2, 0.25) is 0 Å². The number of nitrogens with zero attached hydrogens (tertiary/aromatic N) is 2. The number of oxazole rings is 1. The van der Waals surface area contributed by atoms with E-state index in [0.29, 0.717) is 13.2 Å². The molecule has 0 spiro atoms. The molecule has 1 amide bonds. The van der Waals surface area contributed by atoms with Crippen LogP contribution in [0.3, 0.4) is 0 Å². The Kier molecular flexibility index (Phi) is 4.52. The zero-order chi connectivity index (χ0) is 13.8. The van der Waals surface area contributed by atoms with Gasteiger partial charge in [0, 0.05) is 21.3 Å². The van der Waals surface area contributed by atoms with Crippen molar-refractivity contribution < 1.29 is 23.4 Å². The minimum Gasteiger partial charge on any atom is -0.451 e. The van der Waals surface area contributed by atoms with E-state index in [-0.39, 0.29) is 29.9 Å². The Hall–Kier alpha value is -1.44. The van der Waals surface area contributed by atoms with Gasteiger partial charge in [-0.1, -0.05) is 0 Å². The van der Waals surface area contributed by atoms with Crippen LogP contribution in [0, 0.1) is 0 Å². The summed E-state index contributed by atoms with van der Waals surface area (Å²) in [6, 6.07) is -0.229. The first-order valence-electron chi connectivity index (χ1n) is 5.97. The van der Waals surface area contributed by atoms with E-state index in [9.17, 15) is 4.79 Å². The lowest BCUT2D eigenvalue weighted by molar-refractivity contribution is -0.147. The fraction of sp³-hybridized carbons (Fsp3) is 0.667. The molecular formula is C12H18N2O5. The third kappa shape index (κ3) is 2.78. The third-order valence-electron chi connectivity index (χ3n) is 3.36. The van der Waals surface area contributed by atoms with Crippen LogP contribution in [-0.2, 0) is 14.2 Å². The molecule has 1 aromatic heterocycles. The largest absolute Gasteiger partial charge is 0.451 e. The van der Waals surface area contributed by atoms with Crippen LogP contribution >= 0.6 is 0 Å². The van der Waals surface area contributed by atoms with Crippen molar-refractivity contribution in [3.8, 4) is 0 Å². The van der Waals surface area contributed by atoms with Gasteiger partial charge in [-0.2, -0.15) is 0 Å². The molecule has 1 saturated heterocycles. The minimum atomic E-state index is -0.236. The minimum absolute atomic E-state index is 0.198. The van der Waals surface area contributed by atoms with Gasteiger partial charge in [0.05, 0.1) is 19.3 Å². The van der Waals surface area contributed by atoms with Crippen molar-refractivity contribution in [1.29, 1.82) is 0 Å². The highest BCUT2D eigenvalue weighted by Gasteiger charge is 2.39. The number of likely N-dealkylation sites (N-methyl/N-ethyl adjacent to an activating group) is 1. The lowest BCUT2D eigenvalue weighted by Crippen LogP contribution is -2.57. The van der Waals surface area contributed by atoms with Gasteiger partial charge in [0.2, 0.25) is 0 Å². The molecule has 0 unspecified atom stereocenters. The molecule has 0 aromatic carbocycles. The lowest BCUT2D eigenvalue weighted by atomic mass is 10.0. The second-order valence-electron chi connectivity index (χ2n) is 4.37. The van der Waals surface area contributed by atoms with Crippen LogP contribution in [0.4, 0.5) is 0 Å². The average Bonchev–Trinajstić information content (AvgIpc) is 2.98. The van der Waals surface area contributed by atoms with Crippen LogP contribution in [-0.4, -0.2) is 68.5 Å². The Morgan fingerprint density at radius 2 is 2.21 bits per heavy atom. The average molecular weight is 270 g/mol. The normalized spacial score (nSPS) is 27.2. The van der Waals surface area contributed by atoms with E-state index in [1.165, 1.54) is 12.7 Å². The first kappa shape index (κ1) is 14.0. The summed E-state index contributed by atoms with van der Waals surface area (Å²) in [5.74, 6) is -0.235. The van der Waals surface area contributed by atoms with Crippen LogP contribution < -0.4 is 0 Å². The summed E-state index contributed by atoms with van der Waals surface area (Å²) in [5.41, 5.74) is 0.261. The van der Waals surface area contributed by atoms with Crippen LogP contribution in [0.5, 0.6) is 0 Å². The predicted molar refractivity (Wildman–Crippen MR) is 64.8 cm³/mol. The smallest absolute Gasteiger partial charge is 0.275 e. The molecule has 0 aliphatic carbocycles. The molecule has 0 saturated carbocycles. The number of aromatic nitrogens is 1. The molecule has 1 aliphatic rings. The van der Waals surface area contributed by atoms with E-state index >= 15 is 0 Å². The molecular weight excluding hydrogens is 252 g/mol. The highest BCUT2D eigenvalue weighted by Crippen LogP contribution is 2.20. The van der Waals surface area contributed by atoms with Crippen LogP contribution in [0.1, 0.15) is 10.5 Å². The standard InChI is InChI=1S/C12H18N2O5/c1-14(12(15)8-4-19-7-13-8)9-5-18-6-10(16-2)11(9)17-3/h4,7,9-11H,5-6H2,1-3H3/t9-,10-,11+/m1/s1. The van der Waals surface area contributed by atoms with Gasteiger partial charge >= 0.3 is 0 Å². The molecule has 0 bridgehead atoms. The van der Waals surface area contributed by atoms with Crippen molar-refractivity contribution in [2.45, 2.75) is 18.2 Å². The van der Waals surface area contributed by atoms with Gasteiger partial charge in [-0.15, -0.1) is 0 Å². The Balaban J connectivity index is 2.12. The van der Waals surface area contributed by atoms with Crippen molar-refractivity contribution in [2.75, 3.05) is 34.5 Å². The summed E-state index contributed by atoms with van der Waals surface area (Å²) in [5, 5.41) is 0. The number of ether oxygens (including phenoxy) is 3. The second kappa shape index (κ2) is 6.14. The van der Waals surface area contributed by atoms with Gasteiger partial charge in [-0.3, -0.25) is 4.79 Å². The zero-order valence-corrected chi connectivity index (χ0v) is 11.2. The summed E-state index contributed by atoms with van der Waals surface area (Å²) < 4.78 is 21.1. The Morgan fingerprint density at radius 3 is 2.79 bits per heavy atom. The Labute approximate surface area is 111 Å². The van der Waals surface area contributed by atoms with Crippen molar-refractivity contribution in [3.05, 3.63) is 18.4 Å². The topological polar surface area (TPSA) is 74.0 Å². The monoisotopic (exact) mass is 270 g/mol. The number of rotatable bonds is 4. The van der Waals surface area contributed by atoms with Gasteiger partial charge in [0.1, 0.15) is 18.5 Å². The summed E-state index contributed by atoms with van der Waals surface area (Å²) in [7, 11) is 4.89. The molecule has 3 atom stereocenters. The molecule has 2 heterocycles. The molecule has 0 N–H and O–H groups in total. The summed E-state index contributed by atoms with van der Waals surface area (Å²) in [6.45, 7) is 0.857. The molecule has 2 rings (SSSR count). The summed E-state index contributed by atoms with van der Waals surface area (Å²) >= 11 is 0.